The van der Waals surface area contributed by atoms with Crippen LogP contribution in [0, 0.1) is 13.8 Å². The molecule has 0 fully saturated rings. The maximum atomic E-state index is 12.7. The Balaban J connectivity index is 3.07. The molecular formula is C14H28N4O2S. The van der Waals surface area contributed by atoms with E-state index in [1.54, 1.807) is 11.6 Å². The third-order valence-electron chi connectivity index (χ3n) is 3.49. The Morgan fingerprint density at radius 1 is 1.24 bits per heavy atom. The molecule has 122 valence electrons. The summed E-state index contributed by atoms with van der Waals surface area (Å²) in [6.45, 7) is 13.8. The molecule has 1 N–H and O–H groups in total. The van der Waals surface area contributed by atoms with Crippen molar-refractivity contribution < 1.29 is 8.42 Å². The van der Waals surface area contributed by atoms with Gasteiger partial charge in [-0.3, -0.25) is 4.68 Å². The van der Waals surface area contributed by atoms with Crippen molar-refractivity contribution in [3.63, 3.8) is 0 Å². The van der Waals surface area contributed by atoms with E-state index in [4.69, 9.17) is 0 Å². The average Bonchev–Trinajstić information content (AvgIpc) is 2.65. The monoisotopic (exact) mass is 316 g/mol. The van der Waals surface area contributed by atoms with Crippen LogP contribution in [0.2, 0.25) is 0 Å². The van der Waals surface area contributed by atoms with Gasteiger partial charge in [0.05, 0.1) is 17.9 Å². The molecule has 0 aliphatic rings. The molecule has 1 heterocycles. The summed E-state index contributed by atoms with van der Waals surface area (Å²) in [6.07, 6.45) is 0. The fourth-order valence-corrected chi connectivity index (χ4v) is 4.25. The van der Waals surface area contributed by atoms with Crippen LogP contribution < -0.4 is 5.32 Å². The highest BCUT2D eigenvalue weighted by atomic mass is 32.2. The van der Waals surface area contributed by atoms with E-state index in [2.05, 4.69) is 24.3 Å². The van der Waals surface area contributed by atoms with E-state index >= 15 is 0 Å². The third kappa shape index (κ3) is 4.05. The van der Waals surface area contributed by atoms with Gasteiger partial charge >= 0.3 is 0 Å². The molecule has 0 spiro atoms. The lowest BCUT2D eigenvalue weighted by atomic mass is 10.4. The molecule has 7 heteroatoms. The number of aryl methyl sites for hydroxylation is 1. The summed E-state index contributed by atoms with van der Waals surface area (Å²) in [5, 5.41) is 7.71. The zero-order valence-electron chi connectivity index (χ0n) is 14.0. The zero-order valence-corrected chi connectivity index (χ0v) is 14.8. The number of hydrogen-bond acceptors (Lipinski definition) is 4. The first-order valence-corrected chi connectivity index (χ1v) is 8.97. The molecular weight excluding hydrogens is 288 g/mol. The molecule has 0 bridgehead atoms. The molecule has 1 aromatic heterocycles. The van der Waals surface area contributed by atoms with Gasteiger partial charge in [-0.25, -0.2) is 8.42 Å². The molecule has 0 radical (unpaired) electrons. The standard InChI is InChI=1S/C14H28N4O2S/c1-7-17(8-2)21(19,20)14-12(5)16-18(13(14)6)10-9-15-11(3)4/h11,15H,7-10H2,1-6H3. The first-order chi connectivity index (χ1) is 9.75. The minimum absolute atomic E-state index is 0.357. The second-order valence-corrected chi connectivity index (χ2v) is 7.30. The summed E-state index contributed by atoms with van der Waals surface area (Å²) >= 11 is 0. The second-order valence-electron chi connectivity index (χ2n) is 5.42. The van der Waals surface area contributed by atoms with Crippen molar-refractivity contribution >= 4 is 10.0 Å². The molecule has 0 saturated carbocycles. The van der Waals surface area contributed by atoms with Crippen LogP contribution >= 0.6 is 0 Å². The first-order valence-electron chi connectivity index (χ1n) is 7.53. The van der Waals surface area contributed by atoms with Crippen molar-refractivity contribution in [1.29, 1.82) is 0 Å². The summed E-state index contributed by atoms with van der Waals surface area (Å²) in [4.78, 5) is 0.357. The fourth-order valence-electron chi connectivity index (χ4n) is 2.42. The minimum Gasteiger partial charge on any atom is -0.313 e. The topological polar surface area (TPSA) is 67.2 Å². The summed E-state index contributed by atoms with van der Waals surface area (Å²) in [7, 11) is -3.45. The highest BCUT2D eigenvalue weighted by Gasteiger charge is 2.29. The molecule has 6 nitrogen and oxygen atoms in total. The van der Waals surface area contributed by atoms with Crippen molar-refractivity contribution in [1.82, 2.24) is 19.4 Å². The van der Waals surface area contributed by atoms with Gasteiger partial charge in [0, 0.05) is 25.7 Å². The first kappa shape index (κ1) is 18.1. The van der Waals surface area contributed by atoms with Crippen LogP contribution in [0.1, 0.15) is 39.1 Å². The number of sulfonamides is 1. The van der Waals surface area contributed by atoms with E-state index in [0.29, 0.717) is 42.0 Å². The molecule has 0 unspecified atom stereocenters. The molecule has 0 saturated heterocycles. The van der Waals surface area contributed by atoms with Gasteiger partial charge in [0.2, 0.25) is 10.0 Å². The van der Waals surface area contributed by atoms with E-state index < -0.39 is 10.0 Å². The van der Waals surface area contributed by atoms with Crippen molar-refractivity contribution in [2.75, 3.05) is 19.6 Å². The Bertz CT molecular complexity index is 560. The largest absolute Gasteiger partial charge is 0.313 e. The quantitative estimate of drug-likeness (QED) is 0.790. The Labute approximate surface area is 128 Å². The van der Waals surface area contributed by atoms with E-state index in [9.17, 15) is 8.42 Å². The highest BCUT2D eigenvalue weighted by Crippen LogP contribution is 2.23. The van der Waals surface area contributed by atoms with Gasteiger partial charge in [0.15, 0.2) is 0 Å². The maximum absolute atomic E-state index is 12.7. The van der Waals surface area contributed by atoms with E-state index in [0.717, 1.165) is 6.54 Å². The summed E-state index contributed by atoms with van der Waals surface area (Å²) in [5.41, 5.74) is 1.29. The summed E-state index contributed by atoms with van der Waals surface area (Å²) in [6, 6.07) is 0.404. The van der Waals surface area contributed by atoms with Crippen molar-refractivity contribution in [3.05, 3.63) is 11.4 Å². The molecule has 0 aliphatic heterocycles. The molecule has 0 aromatic carbocycles. The Morgan fingerprint density at radius 3 is 2.29 bits per heavy atom. The Morgan fingerprint density at radius 2 is 1.81 bits per heavy atom. The van der Waals surface area contributed by atoms with Crippen LogP contribution in [-0.4, -0.2) is 48.2 Å². The summed E-state index contributed by atoms with van der Waals surface area (Å²) < 4.78 is 28.6. The molecule has 1 aromatic rings. The Kier molecular flexibility index (Phi) is 6.37. The number of nitrogens with one attached hydrogen (secondary N) is 1. The average molecular weight is 316 g/mol. The van der Waals surface area contributed by atoms with E-state index in [1.807, 2.05) is 20.8 Å². The van der Waals surface area contributed by atoms with Gasteiger partial charge < -0.3 is 5.32 Å². The van der Waals surface area contributed by atoms with Gasteiger partial charge in [-0.1, -0.05) is 27.7 Å². The van der Waals surface area contributed by atoms with Crippen molar-refractivity contribution in [3.8, 4) is 0 Å². The van der Waals surface area contributed by atoms with Crippen LogP contribution in [0.25, 0.3) is 0 Å². The SMILES string of the molecule is CCN(CC)S(=O)(=O)c1c(C)nn(CCNC(C)C)c1C. The predicted octanol–water partition coefficient (Wildman–Crippen LogP) is 1.53. The van der Waals surface area contributed by atoms with Crippen LogP contribution in [0.5, 0.6) is 0 Å². The smallest absolute Gasteiger partial charge is 0.246 e. The lowest BCUT2D eigenvalue weighted by Gasteiger charge is -2.18. The number of aromatic nitrogens is 2. The maximum Gasteiger partial charge on any atom is 0.246 e. The van der Waals surface area contributed by atoms with Crippen molar-refractivity contribution in [2.24, 2.45) is 0 Å². The molecule has 0 atom stereocenters. The fraction of sp³-hybridized carbons (Fsp3) is 0.786. The molecule has 0 aliphatic carbocycles. The molecule has 1 rings (SSSR count). The third-order valence-corrected chi connectivity index (χ3v) is 5.80. The van der Waals surface area contributed by atoms with Gasteiger partial charge in [-0.15, -0.1) is 0 Å². The molecule has 21 heavy (non-hydrogen) atoms. The van der Waals surface area contributed by atoms with Crippen molar-refractivity contribution in [2.45, 2.75) is 59.0 Å². The lowest BCUT2D eigenvalue weighted by molar-refractivity contribution is 0.444. The number of rotatable bonds is 8. The van der Waals surface area contributed by atoms with Crippen LogP contribution in [0.15, 0.2) is 4.90 Å². The van der Waals surface area contributed by atoms with Crippen LogP contribution in [0.3, 0.4) is 0 Å². The van der Waals surface area contributed by atoms with Gasteiger partial charge in [-0.05, 0) is 13.8 Å². The van der Waals surface area contributed by atoms with Crippen LogP contribution in [0.4, 0.5) is 0 Å². The second kappa shape index (κ2) is 7.38. The van der Waals surface area contributed by atoms with Crippen LogP contribution in [-0.2, 0) is 16.6 Å². The van der Waals surface area contributed by atoms with E-state index in [1.165, 1.54) is 4.31 Å². The number of nitrogens with zero attached hydrogens (tertiary/aromatic N) is 3. The molecule has 0 amide bonds. The Hall–Kier alpha value is -0.920. The van der Waals surface area contributed by atoms with E-state index in [-0.39, 0.29) is 0 Å². The number of hydrogen-bond donors (Lipinski definition) is 1. The zero-order chi connectivity index (χ0) is 16.2. The highest BCUT2D eigenvalue weighted by molar-refractivity contribution is 7.89. The van der Waals surface area contributed by atoms with Gasteiger partial charge in [0.25, 0.3) is 0 Å². The summed E-state index contributed by atoms with van der Waals surface area (Å²) in [5.74, 6) is 0. The normalized spacial score (nSPS) is 12.6. The lowest BCUT2D eigenvalue weighted by Crippen LogP contribution is -2.31. The van der Waals surface area contributed by atoms with Gasteiger partial charge in [-0.2, -0.15) is 9.40 Å². The van der Waals surface area contributed by atoms with Gasteiger partial charge in [0.1, 0.15) is 4.90 Å². The predicted molar refractivity (Wildman–Crippen MR) is 84.9 cm³/mol. The minimum atomic E-state index is -3.45.